The second kappa shape index (κ2) is 7.92. The molecular weight excluding hydrogens is 376 g/mol. The van der Waals surface area contributed by atoms with E-state index in [1.54, 1.807) is 18.2 Å². The van der Waals surface area contributed by atoms with Gasteiger partial charge < -0.3 is 0 Å². The molecule has 136 valence electrons. The van der Waals surface area contributed by atoms with Gasteiger partial charge in [-0.3, -0.25) is 15.4 Å². The molecule has 0 aliphatic rings. The SMILES string of the molecule is O=C(NC(=O)c1c(F)cccc1F)Nc1ccc(-c2ccc(Cl)cc2)cn1. The van der Waals surface area contributed by atoms with E-state index in [-0.39, 0.29) is 5.82 Å². The standard InChI is InChI=1S/C19H12ClF2N3O2/c20-13-7-4-11(5-8-13)12-6-9-16(23-10-12)24-19(27)25-18(26)17-14(21)2-1-3-15(17)22/h1-10H,(H2,23,24,25,26,27). The summed E-state index contributed by atoms with van der Waals surface area (Å²) in [5.41, 5.74) is 0.842. The van der Waals surface area contributed by atoms with Crippen molar-refractivity contribution >= 4 is 29.4 Å². The molecule has 3 amide bonds. The van der Waals surface area contributed by atoms with E-state index in [1.807, 2.05) is 17.4 Å². The van der Waals surface area contributed by atoms with Gasteiger partial charge in [-0.2, -0.15) is 0 Å². The van der Waals surface area contributed by atoms with Gasteiger partial charge in [0.05, 0.1) is 0 Å². The zero-order valence-corrected chi connectivity index (χ0v) is 14.4. The van der Waals surface area contributed by atoms with Crippen molar-refractivity contribution in [3.8, 4) is 11.1 Å². The van der Waals surface area contributed by atoms with Crippen molar-refractivity contribution in [2.24, 2.45) is 0 Å². The van der Waals surface area contributed by atoms with Crippen LogP contribution in [0, 0.1) is 11.6 Å². The third-order valence-corrected chi connectivity index (χ3v) is 3.85. The Morgan fingerprint density at radius 1 is 0.889 bits per heavy atom. The second-order valence-electron chi connectivity index (χ2n) is 5.44. The van der Waals surface area contributed by atoms with Crippen LogP contribution in [0.25, 0.3) is 11.1 Å². The Hall–Kier alpha value is -3.32. The van der Waals surface area contributed by atoms with Crippen molar-refractivity contribution in [2.45, 2.75) is 0 Å². The number of carbonyl (C=O) groups excluding carboxylic acids is 2. The van der Waals surface area contributed by atoms with Crippen LogP contribution in [0.3, 0.4) is 0 Å². The molecule has 5 nitrogen and oxygen atoms in total. The fraction of sp³-hybridized carbons (Fsp3) is 0. The van der Waals surface area contributed by atoms with Crippen LogP contribution in [0.5, 0.6) is 0 Å². The zero-order valence-electron chi connectivity index (χ0n) is 13.7. The Morgan fingerprint density at radius 2 is 1.52 bits per heavy atom. The fourth-order valence-electron chi connectivity index (χ4n) is 2.31. The lowest BCUT2D eigenvalue weighted by atomic mass is 10.1. The van der Waals surface area contributed by atoms with E-state index in [1.165, 1.54) is 12.3 Å². The molecule has 0 saturated carbocycles. The van der Waals surface area contributed by atoms with Crippen LogP contribution in [0.4, 0.5) is 19.4 Å². The number of anilines is 1. The van der Waals surface area contributed by atoms with Crippen molar-refractivity contribution in [2.75, 3.05) is 5.32 Å². The first-order valence-electron chi connectivity index (χ1n) is 7.72. The molecule has 2 N–H and O–H groups in total. The number of pyridine rings is 1. The van der Waals surface area contributed by atoms with E-state index in [4.69, 9.17) is 11.6 Å². The van der Waals surface area contributed by atoms with Crippen LogP contribution in [-0.4, -0.2) is 16.9 Å². The van der Waals surface area contributed by atoms with Crippen LogP contribution in [0.15, 0.2) is 60.8 Å². The molecule has 0 aliphatic heterocycles. The summed E-state index contributed by atoms with van der Waals surface area (Å²) in [5.74, 6) is -3.16. The van der Waals surface area contributed by atoms with Crippen LogP contribution in [-0.2, 0) is 0 Å². The zero-order chi connectivity index (χ0) is 19.4. The summed E-state index contributed by atoms with van der Waals surface area (Å²) < 4.78 is 27.1. The minimum atomic E-state index is -1.19. The van der Waals surface area contributed by atoms with E-state index >= 15 is 0 Å². The summed E-state index contributed by atoms with van der Waals surface area (Å²) in [7, 11) is 0. The molecule has 0 bridgehead atoms. The van der Waals surface area contributed by atoms with E-state index in [2.05, 4.69) is 10.3 Å². The maximum atomic E-state index is 13.6. The second-order valence-corrected chi connectivity index (χ2v) is 5.88. The number of hydrogen-bond acceptors (Lipinski definition) is 3. The number of imide groups is 1. The molecule has 0 radical (unpaired) electrons. The minimum Gasteiger partial charge on any atom is -0.292 e. The highest BCUT2D eigenvalue weighted by molar-refractivity contribution is 6.30. The molecule has 3 rings (SSSR count). The summed E-state index contributed by atoms with van der Waals surface area (Å²) in [6, 6.07) is 12.4. The number of carbonyl (C=O) groups is 2. The van der Waals surface area contributed by atoms with Gasteiger partial charge in [0.2, 0.25) is 0 Å². The Bertz CT molecular complexity index is 973. The molecule has 0 spiro atoms. The molecule has 2 aromatic carbocycles. The van der Waals surface area contributed by atoms with Gasteiger partial charge in [0, 0.05) is 16.8 Å². The Morgan fingerprint density at radius 3 is 2.11 bits per heavy atom. The van der Waals surface area contributed by atoms with Crippen LogP contribution >= 0.6 is 11.6 Å². The first-order chi connectivity index (χ1) is 12.9. The van der Waals surface area contributed by atoms with Gasteiger partial charge in [-0.1, -0.05) is 29.8 Å². The summed E-state index contributed by atoms with van der Waals surface area (Å²) in [6.45, 7) is 0. The largest absolute Gasteiger partial charge is 0.327 e. The first kappa shape index (κ1) is 18.5. The average Bonchev–Trinajstić information content (AvgIpc) is 2.63. The molecule has 3 aromatic rings. The highest BCUT2D eigenvalue weighted by atomic mass is 35.5. The molecule has 0 aliphatic carbocycles. The van der Waals surface area contributed by atoms with Gasteiger partial charge in [0.1, 0.15) is 23.0 Å². The Balaban J connectivity index is 1.66. The molecule has 0 fully saturated rings. The highest BCUT2D eigenvalue weighted by Crippen LogP contribution is 2.21. The maximum absolute atomic E-state index is 13.6. The van der Waals surface area contributed by atoms with Gasteiger partial charge in [0.25, 0.3) is 5.91 Å². The molecule has 0 saturated heterocycles. The number of hydrogen-bond donors (Lipinski definition) is 2. The van der Waals surface area contributed by atoms with Gasteiger partial charge in [-0.05, 0) is 42.0 Å². The number of aromatic nitrogens is 1. The number of benzene rings is 2. The first-order valence-corrected chi connectivity index (χ1v) is 8.10. The van der Waals surface area contributed by atoms with Crippen molar-refractivity contribution in [1.82, 2.24) is 10.3 Å². The van der Waals surface area contributed by atoms with Gasteiger partial charge >= 0.3 is 6.03 Å². The molecule has 1 aromatic heterocycles. The van der Waals surface area contributed by atoms with Crippen LogP contribution < -0.4 is 10.6 Å². The molecular formula is C19H12ClF2N3O2. The number of amides is 3. The van der Waals surface area contributed by atoms with Crippen LogP contribution in [0.2, 0.25) is 5.02 Å². The molecule has 8 heteroatoms. The Labute approximate surface area is 158 Å². The molecule has 1 heterocycles. The van der Waals surface area contributed by atoms with Crippen molar-refractivity contribution in [1.29, 1.82) is 0 Å². The number of urea groups is 1. The summed E-state index contributed by atoms with van der Waals surface area (Å²) in [4.78, 5) is 27.8. The lowest BCUT2D eigenvalue weighted by molar-refractivity contribution is 0.0959. The van der Waals surface area contributed by atoms with Gasteiger partial charge in [0.15, 0.2) is 0 Å². The topological polar surface area (TPSA) is 71.1 Å². The van der Waals surface area contributed by atoms with Gasteiger partial charge in [-0.25, -0.2) is 18.6 Å². The number of nitrogens with zero attached hydrogens (tertiary/aromatic N) is 1. The highest BCUT2D eigenvalue weighted by Gasteiger charge is 2.19. The van der Waals surface area contributed by atoms with Crippen molar-refractivity contribution in [3.05, 3.63) is 83.0 Å². The molecule has 27 heavy (non-hydrogen) atoms. The van der Waals surface area contributed by atoms with Crippen LogP contribution in [0.1, 0.15) is 10.4 Å². The minimum absolute atomic E-state index is 0.159. The summed E-state index contributed by atoms with van der Waals surface area (Å²) in [6.07, 6.45) is 1.53. The lowest BCUT2D eigenvalue weighted by Crippen LogP contribution is -2.35. The Kier molecular flexibility index (Phi) is 5.42. The number of rotatable bonds is 3. The predicted octanol–water partition coefficient (Wildman–Crippen LogP) is 4.64. The quantitative estimate of drug-likeness (QED) is 0.687. The molecule has 0 atom stereocenters. The molecule has 0 unspecified atom stereocenters. The number of halogens is 3. The number of nitrogens with one attached hydrogen (secondary N) is 2. The summed E-state index contributed by atoms with van der Waals surface area (Å²) in [5, 5.41) is 4.79. The third kappa shape index (κ3) is 4.45. The fourth-order valence-corrected chi connectivity index (χ4v) is 2.43. The average molecular weight is 388 g/mol. The summed E-state index contributed by atoms with van der Waals surface area (Å²) >= 11 is 5.84. The monoisotopic (exact) mass is 387 g/mol. The normalized spacial score (nSPS) is 10.3. The predicted molar refractivity (Wildman–Crippen MR) is 97.5 cm³/mol. The van der Waals surface area contributed by atoms with E-state index < -0.39 is 29.1 Å². The van der Waals surface area contributed by atoms with Gasteiger partial charge in [-0.15, -0.1) is 0 Å². The van der Waals surface area contributed by atoms with Crippen molar-refractivity contribution in [3.63, 3.8) is 0 Å². The third-order valence-electron chi connectivity index (χ3n) is 3.60. The maximum Gasteiger partial charge on any atom is 0.327 e. The lowest BCUT2D eigenvalue weighted by Gasteiger charge is -2.08. The van der Waals surface area contributed by atoms with E-state index in [0.717, 1.165) is 29.3 Å². The van der Waals surface area contributed by atoms with E-state index in [9.17, 15) is 18.4 Å². The smallest absolute Gasteiger partial charge is 0.292 e. The van der Waals surface area contributed by atoms with E-state index in [0.29, 0.717) is 5.02 Å². The van der Waals surface area contributed by atoms with Crippen molar-refractivity contribution < 1.29 is 18.4 Å².